The van der Waals surface area contributed by atoms with Crippen molar-refractivity contribution in [1.29, 1.82) is 0 Å². The highest BCUT2D eigenvalue weighted by atomic mass is 35.5. The molecule has 0 atom stereocenters. The smallest absolute Gasteiger partial charge is 0.342 e. The van der Waals surface area contributed by atoms with Crippen LogP contribution in [0.25, 0.3) is 11.1 Å². The highest BCUT2D eigenvalue weighted by Crippen LogP contribution is 2.37. The number of carbonyl (C=O) groups is 2. The maximum Gasteiger partial charge on any atom is 0.342 e. The van der Waals surface area contributed by atoms with E-state index in [1.54, 1.807) is 6.92 Å². The van der Waals surface area contributed by atoms with Gasteiger partial charge in [0.15, 0.2) is 11.5 Å². The zero-order valence-electron chi connectivity index (χ0n) is 17.1. The summed E-state index contributed by atoms with van der Waals surface area (Å²) in [7, 11) is 0. The third-order valence-corrected chi connectivity index (χ3v) is 4.95. The van der Waals surface area contributed by atoms with Gasteiger partial charge in [0.25, 0.3) is 5.56 Å². The van der Waals surface area contributed by atoms with Crippen LogP contribution in [0.5, 0.6) is 11.5 Å². The molecule has 0 radical (unpaired) electrons. The van der Waals surface area contributed by atoms with Crippen molar-refractivity contribution in [3.05, 3.63) is 74.3 Å². The summed E-state index contributed by atoms with van der Waals surface area (Å²) < 4.78 is 24.6. The van der Waals surface area contributed by atoms with Crippen LogP contribution in [0, 0.1) is 5.82 Å². The summed E-state index contributed by atoms with van der Waals surface area (Å²) in [6.07, 6.45) is 0. The van der Waals surface area contributed by atoms with Gasteiger partial charge in [0.1, 0.15) is 29.4 Å². The van der Waals surface area contributed by atoms with Crippen molar-refractivity contribution in [2.24, 2.45) is 0 Å². The maximum atomic E-state index is 13.3. The van der Waals surface area contributed by atoms with Gasteiger partial charge in [0.05, 0.1) is 11.6 Å². The molecule has 0 aliphatic rings. The number of anilines is 1. The average Bonchev–Trinajstić information content (AvgIpc) is 2.72. The molecular formula is C22H18ClFN2O7. The predicted molar refractivity (Wildman–Crippen MR) is 118 cm³/mol. The van der Waals surface area contributed by atoms with E-state index in [0.29, 0.717) is 5.56 Å². The lowest BCUT2D eigenvalue weighted by atomic mass is 9.95. The summed E-state index contributed by atoms with van der Waals surface area (Å²) in [6, 6.07) is 7.98. The number of nitrogens with two attached hydrogens (primary N) is 1. The summed E-state index contributed by atoms with van der Waals surface area (Å²) >= 11 is 6.02. The first-order chi connectivity index (χ1) is 15.6. The van der Waals surface area contributed by atoms with E-state index >= 15 is 0 Å². The van der Waals surface area contributed by atoms with Crippen molar-refractivity contribution < 1.29 is 33.7 Å². The molecule has 5 N–H and O–H groups in total. The van der Waals surface area contributed by atoms with Crippen molar-refractivity contribution in [2.45, 2.75) is 13.5 Å². The molecule has 172 valence electrons. The number of carboxylic acids is 2. The van der Waals surface area contributed by atoms with Gasteiger partial charge in [0, 0.05) is 11.1 Å². The number of H-pyrrole nitrogens is 1. The van der Waals surface area contributed by atoms with Crippen molar-refractivity contribution >= 4 is 29.4 Å². The largest absolute Gasteiger partial charge is 0.490 e. The highest BCUT2D eigenvalue weighted by Gasteiger charge is 2.27. The van der Waals surface area contributed by atoms with Gasteiger partial charge >= 0.3 is 11.9 Å². The Morgan fingerprint density at radius 1 is 1.06 bits per heavy atom. The molecule has 0 amide bonds. The first kappa shape index (κ1) is 23.6. The van der Waals surface area contributed by atoms with E-state index in [1.807, 2.05) is 4.98 Å². The molecule has 0 unspecified atom stereocenters. The van der Waals surface area contributed by atoms with Crippen LogP contribution >= 0.6 is 11.6 Å². The predicted octanol–water partition coefficient (Wildman–Crippen LogP) is 3.79. The van der Waals surface area contributed by atoms with Gasteiger partial charge in [-0.25, -0.2) is 14.0 Å². The maximum absolute atomic E-state index is 13.3. The quantitative estimate of drug-likeness (QED) is 0.383. The van der Waals surface area contributed by atoms with Crippen molar-refractivity contribution in [2.75, 3.05) is 12.3 Å². The second-order valence-electron chi connectivity index (χ2n) is 6.72. The lowest BCUT2D eigenvalue weighted by Gasteiger charge is -2.16. The van der Waals surface area contributed by atoms with Gasteiger partial charge in [-0.3, -0.25) is 4.79 Å². The first-order valence-electron chi connectivity index (χ1n) is 9.50. The van der Waals surface area contributed by atoms with Gasteiger partial charge in [-0.2, -0.15) is 0 Å². The Morgan fingerprint density at radius 3 is 2.36 bits per heavy atom. The second-order valence-corrected chi connectivity index (χ2v) is 7.13. The van der Waals surface area contributed by atoms with Crippen LogP contribution in [0.1, 0.15) is 33.2 Å². The number of aromatic carboxylic acids is 2. The normalized spacial score (nSPS) is 10.6. The zero-order chi connectivity index (χ0) is 24.3. The number of nitrogens with one attached hydrogen (secondary N) is 1. The number of hydrogen-bond donors (Lipinski definition) is 4. The number of halogens is 2. The standard InChI is InChI=1S/C22H18ClFN2O7/c1-2-32-15-7-10(4-6-14(15)33-9-11-3-5-12(24)8-13(11)23)16-17(21(28)29)19(25)26-20(27)18(16)22(30)31/h3-8H,2,9H2,1H3,(H,28,29)(H,30,31)(H3,25,26,27). The number of rotatable bonds is 8. The molecular weight excluding hydrogens is 459 g/mol. The Hall–Kier alpha value is -4.05. The average molecular weight is 477 g/mol. The monoisotopic (exact) mass is 476 g/mol. The minimum atomic E-state index is -1.63. The fraction of sp³-hybridized carbons (Fsp3) is 0.136. The van der Waals surface area contributed by atoms with E-state index in [1.165, 1.54) is 30.3 Å². The summed E-state index contributed by atoms with van der Waals surface area (Å²) in [5.41, 5.74) is 3.47. The number of pyridine rings is 1. The van der Waals surface area contributed by atoms with Gasteiger partial charge < -0.3 is 30.4 Å². The minimum Gasteiger partial charge on any atom is -0.490 e. The lowest BCUT2D eigenvalue weighted by Crippen LogP contribution is -2.24. The van der Waals surface area contributed by atoms with E-state index in [4.69, 9.17) is 26.8 Å². The SMILES string of the molecule is CCOc1cc(-c2c(C(=O)O)c(N)[nH]c(=O)c2C(=O)O)ccc1OCc1ccc(F)cc1Cl. The molecule has 3 aromatic rings. The molecule has 0 aliphatic carbocycles. The molecule has 2 aromatic carbocycles. The highest BCUT2D eigenvalue weighted by molar-refractivity contribution is 6.31. The van der Waals surface area contributed by atoms with Crippen LogP contribution in [0.2, 0.25) is 5.02 Å². The molecule has 0 saturated carbocycles. The minimum absolute atomic E-state index is 0.0305. The van der Waals surface area contributed by atoms with Gasteiger partial charge in [-0.1, -0.05) is 23.7 Å². The third-order valence-electron chi connectivity index (χ3n) is 4.60. The number of nitrogen functional groups attached to an aromatic ring is 1. The third kappa shape index (κ3) is 4.90. The molecule has 0 aliphatic heterocycles. The Labute approximate surface area is 191 Å². The van der Waals surface area contributed by atoms with Crippen LogP contribution in [0.4, 0.5) is 10.2 Å². The Bertz CT molecular complexity index is 1310. The first-order valence-corrected chi connectivity index (χ1v) is 9.88. The van der Waals surface area contributed by atoms with Crippen molar-refractivity contribution in [1.82, 2.24) is 4.98 Å². The molecule has 0 fully saturated rings. The molecule has 0 spiro atoms. The van der Waals surface area contributed by atoms with Crippen molar-refractivity contribution in [3.8, 4) is 22.6 Å². The van der Waals surface area contributed by atoms with Gasteiger partial charge in [0.2, 0.25) is 0 Å². The van der Waals surface area contributed by atoms with Crippen LogP contribution in [-0.4, -0.2) is 33.7 Å². The van der Waals surface area contributed by atoms with Crippen LogP contribution < -0.4 is 20.8 Å². The zero-order valence-corrected chi connectivity index (χ0v) is 17.9. The Morgan fingerprint density at radius 2 is 1.76 bits per heavy atom. The number of aromatic nitrogens is 1. The van der Waals surface area contributed by atoms with E-state index in [9.17, 15) is 29.0 Å². The summed E-state index contributed by atoms with van der Waals surface area (Å²) in [6.45, 7) is 1.87. The number of hydrogen-bond acceptors (Lipinski definition) is 6. The number of ether oxygens (including phenoxy) is 2. The molecule has 1 heterocycles. The number of carboxylic acid groups (broad SMARTS) is 2. The molecule has 9 nitrogen and oxygen atoms in total. The van der Waals surface area contributed by atoms with Crippen LogP contribution in [-0.2, 0) is 6.61 Å². The Balaban J connectivity index is 2.11. The van der Waals surface area contributed by atoms with Gasteiger partial charge in [-0.05, 0) is 36.8 Å². The topological polar surface area (TPSA) is 152 Å². The molecule has 0 bridgehead atoms. The molecule has 1 aromatic heterocycles. The number of benzene rings is 2. The van der Waals surface area contributed by atoms with E-state index in [2.05, 4.69) is 0 Å². The van der Waals surface area contributed by atoms with Gasteiger partial charge in [-0.15, -0.1) is 0 Å². The molecule has 3 rings (SSSR count). The molecule has 11 heteroatoms. The summed E-state index contributed by atoms with van der Waals surface area (Å²) in [4.78, 5) is 37.8. The second kappa shape index (κ2) is 9.61. The molecule has 33 heavy (non-hydrogen) atoms. The fourth-order valence-corrected chi connectivity index (χ4v) is 3.40. The van der Waals surface area contributed by atoms with Crippen LogP contribution in [0.15, 0.2) is 41.2 Å². The lowest BCUT2D eigenvalue weighted by molar-refractivity contribution is 0.0695. The molecule has 0 saturated heterocycles. The summed E-state index contributed by atoms with van der Waals surface area (Å²) in [5.74, 6) is -3.75. The Kier molecular flexibility index (Phi) is 6.88. The van der Waals surface area contributed by atoms with E-state index in [0.717, 1.165) is 6.07 Å². The van der Waals surface area contributed by atoms with Crippen LogP contribution in [0.3, 0.4) is 0 Å². The van der Waals surface area contributed by atoms with Crippen molar-refractivity contribution in [3.63, 3.8) is 0 Å². The van der Waals surface area contributed by atoms with E-state index in [-0.39, 0.29) is 40.9 Å². The summed E-state index contributed by atoms with van der Waals surface area (Å²) in [5, 5.41) is 19.3. The van der Waals surface area contributed by atoms with E-state index < -0.39 is 40.3 Å². The fourth-order valence-electron chi connectivity index (χ4n) is 3.18. The number of aromatic amines is 1.